The molecule has 2 aliphatic rings. The third kappa shape index (κ3) is 2.50. The van der Waals surface area contributed by atoms with Crippen LogP contribution in [0.3, 0.4) is 0 Å². The first kappa shape index (κ1) is 14.9. The second kappa shape index (κ2) is 4.92. The Bertz CT molecular complexity index is 768. The Morgan fingerprint density at radius 2 is 1.96 bits per heavy atom. The van der Waals surface area contributed by atoms with Crippen LogP contribution in [-0.2, 0) is 4.79 Å². The Balaban J connectivity index is 1.50. The molecule has 1 N–H and O–H groups in total. The standard InChI is InChI=1S/C15H15Cl2N5O/c1-14(8-15(14,16)17)13(23)18-10-4-2-9(3-5-10)12-19-20-21-22(12)11-6-7-11/h2-5,11H,6-8H2,1H3,(H,18,23). The van der Waals surface area contributed by atoms with Crippen molar-refractivity contribution in [2.24, 2.45) is 5.41 Å². The van der Waals surface area contributed by atoms with Crippen LogP contribution in [0.2, 0.25) is 0 Å². The summed E-state index contributed by atoms with van der Waals surface area (Å²) >= 11 is 12.1. The van der Waals surface area contributed by atoms with Crippen LogP contribution in [0.5, 0.6) is 0 Å². The minimum Gasteiger partial charge on any atom is -0.326 e. The molecule has 8 heteroatoms. The summed E-state index contributed by atoms with van der Waals surface area (Å²) in [7, 11) is 0. The maximum atomic E-state index is 12.3. The van der Waals surface area contributed by atoms with Crippen LogP contribution in [0, 0.1) is 5.41 Å². The van der Waals surface area contributed by atoms with Gasteiger partial charge in [-0.3, -0.25) is 4.79 Å². The molecule has 1 aromatic heterocycles. The average molecular weight is 352 g/mol. The highest BCUT2D eigenvalue weighted by molar-refractivity contribution is 6.53. The summed E-state index contributed by atoms with van der Waals surface area (Å²) in [5, 5.41) is 14.7. The number of aromatic nitrogens is 4. The number of alkyl halides is 2. The first-order valence-corrected chi connectivity index (χ1v) is 8.24. The molecule has 0 radical (unpaired) electrons. The van der Waals surface area contributed by atoms with Crippen molar-refractivity contribution in [1.29, 1.82) is 0 Å². The zero-order valence-electron chi connectivity index (χ0n) is 12.5. The van der Waals surface area contributed by atoms with Gasteiger partial charge in [-0.1, -0.05) is 0 Å². The number of benzene rings is 1. The van der Waals surface area contributed by atoms with Gasteiger partial charge in [0.2, 0.25) is 5.91 Å². The highest BCUT2D eigenvalue weighted by Gasteiger charge is 2.67. The van der Waals surface area contributed by atoms with Crippen molar-refractivity contribution in [3.8, 4) is 11.4 Å². The Kier molecular flexibility index (Phi) is 3.19. The number of nitrogens with one attached hydrogen (secondary N) is 1. The summed E-state index contributed by atoms with van der Waals surface area (Å²) in [5.74, 6) is 0.582. The number of carbonyl (C=O) groups is 1. The molecule has 0 spiro atoms. The minimum absolute atomic E-state index is 0.168. The van der Waals surface area contributed by atoms with E-state index in [2.05, 4.69) is 20.8 Å². The van der Waals surface area contributed by atoms with E-state index in [0.29, 0.717) is 18.2 Å². The molecule has 1 amide bonds. The summed E-state index contributed by atoms with van der Waals surface area (Å²) < 4.78 is 0.886. The van der Waals surface area contributed by atoms with E-state index in [1.807, 2.05) is 28.9 Å². The topological polar surface area (TPSA) is 72.7 Å². The molecule has 120 valence electrons. The van der Waals surface area contributed by atoms with E-state index in [9.17, 15) is 4.79 Å². The molecule has 1 atom stereocenters. The SMILES string of the molecule is CC1(C(=O)Nc2ccc(-c3nnnn3C3CC3)cc2)CC1(Cl)Cl. The van der Waals surface area contributed by atoms with E-state index >= 15 is 0 Å². The van der Waals surface area contributed by atoms with Crippen molar-refractivity contribution in [3.63, 3.8) is 0 Å². The monoisotopic (exact) mass is 351 g/mol. The summed E-state index contributed by atoms with van der Waals surface area (Å²) in [5.41, 5.74) is 0.883. The number of nitrogens with zero attached hydrogens (tertiary/aromatic N) is 4. The lowest BCUT2D eigenvalue weighted by Gasteiger charge is -2.13. The van der Waals surface area contributed by atoms with Gasteiger partial charge in [0.05, 0.1) is 11.5 Å². The number of halogens is 2. The molecule has 1 aromatic carbocycles. The Hall–Kier alpha value is -1.66. The zero-order chi connectivity index (χ0) is 16.2. The fourth-order valence-corrected chi connectivity index (χ4v) is 3.27. The lowest BCUT2D eigenvalue weighted by Crippen LogP contribution is -2.25. The van der Waals surface area contributed by atoms with Gasteiger partial charge in [-0.2, -0.15) is 0 Å². The number of amides is 1. The fourth-order valence-electron chi connectivity index (χ4n) is 2.57. The van der Waals surface area contributed by atoms with Gasteiger partial charge >= 0.3 is 0 Å². The van der Waals surface area contributed by atoms with Crippen LogP contribution in [0.4, 0.5) is 5.69 Å². The van der Waals surface area contributed by atoms with E-state index < -0.39 is 9.75 Å². The van der Waals surface area contributed by atoms with Crippen LogP contribution in [0.1, 0.15) is 32.2 Å². The van der Waals surface area contributed by atoms with Crippen molar-refractivity contribution in [1.82, 2.24) is 20.2 Å². The molecule has 0 aliphatic heterocycles. The average Bonchev–Trinajstić information content (AvgIpc) is 3.37. The second-order valence-corrected chi connectivity index (χ2v) is 7.91. The van der Waals surface area contributed by atoms with E-state index in [-0.39, 0.29) is 5.91 Å². The van der Waals surface area contributed by atoms with E-state index in [1.54, 1.807) is 6.92 Å². The van der Waals surface area contributed by atoms with Crippen molar-refractivity contribution in [2.75, 3.05) is 5.32 Å². The van der Waals surface area contributed by atoms with Crippen molar-refractivity contribution in [3.05, 3.63) is 24.3 Å². The molecular weight excluding hydrogens is 337 g/mol. The van der Waals surface area contributed by atoms with Crippen LogP contribution in [0.15, 0.2) is 24.3 Å². The van der Waals surface area contributed by atoms with Gasteiger partial charge in [0.1, 0.15) is 4.33 Å². The van der Waals surface area contributed by atoms with Gasteiger partial charge in [-0.15, -0.1) is 28.3 Å². The highest BCUT2D eigenvalue weighted by atomic mass is 35.5. The smallest absolute Gasteiger partial charge is 0.233 e. The molecule has 2 saturated carbocycles. The number of rotatable bonds is 4. The van der Waals surface area contributed by atoms with Gasteiger partial charge in [0, 0.05) is 11.3 Å². The van der Waals surface area contributed by atoms with Crippen LogP contribution in [-0.4, -0.2) is 30.4 Å². The van der Waals surface area contributed by atoms with Crippen molar-refractivity contribution in [2.45, 2.75) is 36.6 Å². The van der Waals surface area contributed by atoms with Gasteiger partial charge in [-0.25, -0.2) is 4.68 Å². The van der Waals surface area contributed by atoms with Crippen LogP contribution in [0.25, 0.3) is 11.4 Å². The quantitative estimate of drug-likeness (QED) is 0.858. The molecular formula is C15H15Cl2N5O. The number of tetrazole rings is 1. The summed E-state index contributed by atoms with van der Waals surface area (Å²) in [4.78, 5) is 12.3. The van der Waals surface area contributed by atoms with Gasteiger partial charge in [-0.05, 0) is 60.9 Å². The molecule has 2 fully saturated rings. The van der Waals surface area contributed by atoms with Crippen molar-refractivity contribution < 1.29 is 4.79 Å². The Morgan fingerprint density at radius 1 is 1.30 bits per heavy atom. The normalized spacial score (nSPS) is 25.2. The largest absolute Gasteiger partial charge is 0.326 e. The first-order chi connectivity index (χ1) is 10.9. The molecule has 0 saturated heterocycles. The third-order valence-electron chi connectivity index (χ3n) is 4.55. The molecule has 23 heavy (non-hydrogen) atoms. The molecule has 6 nitrogen and oxygen atoms in total. The maximum Gasteiger partial charge on any atom is 0.233 e. The van der Waals surface area contributed by atoms with E-state index in [0.717, 1.165) is 24.2 Å². The predicted octanol–water partition coefficient (Wildman–Crippen LogP) is 3.20. The Morgan fingerprint density at radius 3 is 2.52 bits per heavy atom. The van der Waals surface area contributed by atoms with Gasteiger partial charge in [0.25, 0.3) is 0 Å². The maximum absolute atomic E-state index is 12.3. The number of hydrogen-bond acceptors (Lipinski definition) is 4. The highest BCUT2D eigenvalue weighted by Crippen LogP contribution is 2.64. The molecule has 1 unspecified atom stereocenters. The van der Waals surface area contributed by atoms with Crippen molar-refractivity contribution >= 4 is 34.8 Å². The van der Waals surface area contributed by atoms with Crippen LogP contribution >= 0.6 is 23.2 Å². The fraction of sp³-hybridized carbons (Fsp3) is 0.467. The van der Waals surface area contributed by atoms with E-state index in [4.69, 9.17) is 23.2 Å². The minimum atomic E-state index is -0.969. The summed E-state index contributed by atoms with van der Waals surface area (Å²) in [6, 6.07) is 7.85. The molecule has 1 heterocycles. The molecule has 2 aromatic rings. The number of anilines is 1. The molecule has 0 bridgehead atoms. The Labute approximate surface area is 143 Å². The third-order valence-corrected chi connectivity index (χ3v) is 5.65. The zero-order valence-corrected chi connectivity index (χ0v) is 14.0. The molecule has 2 aliphatic carbocycles. The lowest BCUT2D eigenvalue weighted by atomic mass is 10.1. The molecule has 4 rings (SSSR count). The summed E-state index contributed by atoms with van der Waals surface area (Å²) in [6.45, 7) is 1.76. The number of hydrogen-bond donors (Lipinski definition) is 1. The van der Waals surface area contributed by atoms with Gasteiger partial charge in [0.15, 0.2) is 5.82 Å². The second-order valence-electron chi connectivity index (χ2n) is 6.42. The predicted molar refractivity (Wildman–Crippen MR) is 87.3 cm³/mol. The lowest BCUT2D eigenvalue weighted by molar-refractivity contribution is -0.120. The van der Waals surface area contributed by atoms with Crippen LogP contribution < -0.4 is 5.32 Å². The first-order valence-electron chi connectivity index (χ1n) is 7.48. The summed E-state index contributed by atoms with van der Waals surface area (Å²) in [6.07, 6.45) is 2.69. The number of carbonyl (C=O) groups excluding carboxylic acids is 1. The van der Waals surface area contributed by atoms with E-state index in [1.165, 1.54) is 0 Å². The van der Waals surface area contributed by atoms with Gasteiger partial charge < -0.3 is 5.32 Å².